The summed E-state index contributed by atoms with van der Waals surface area (Å²) in [4.78, 5) is 15.1. The van der Waals surface area contributed by atoms with Crippen molar-refractivity contribution in [2.24, 2.45) is 0 Å². The normalized spacial score (nSPS) is 11.5. The Morgan fingerprint density at radius 2 is 2.19 bits per heavy atom. The number of aromatic carboxylic acids is 1. The molecule has 21 heavy (non-hydrogen) atoms. The Morgan fingerprint density at radius 1 is 1.48 bits per heavy atom. The SMILES string of the molecule is Cc1nc(CNS(=O)(=O)c2cccc(Cl)c2)sc1C(=O)O. The number of carbonyl (C=O) groups is 1. The molecule has 1 heterocycles. The Morgan fingerprint density at radius 3 is 2.76 bits per heavy atom. The third-order valence-corrected chi connectivity index (χ3v) is 5.33. The number of sulfonamides is 1. The summed E-state index contributed by atoms with van der Waals surface area (Å²) in [5, 5.41) is 9.63. The Bertz CT molecular complexity index is 786. The summed E-state index contributed by atoms with van der Waals surface area (Å²) in [7, 11) is -3.72. The molecule has 0 bridgehead atoms. The topological polar surface area (TPSA) is 96.4 Å². The highest BCUT2D eigenvalue weighted by molar-refractivity contribution is 7.89. The van der Waals surface area contributed by atoms with E-state index in [1.807, 2.05) is 0 Å². The summed E-state index contributed by atoms with van der Waals surface area (Å²) in [6.07, 6.45) is 0. The summed E-state index contributed by atoms with van der Waals surface area (Å²) in [5.41, 5.74) is 0.365. The zero-order valence-corrected chi connectivity index (χ0v) is 13.2. The van der Waals surface area contributed by atoms with Crippen LogP contribution in [-0.2, 0) is 16.6 Å². The van der Waals surface area contributed by atoms with Crippen LogP contribution in [0.4, 0.5) is 0 Å². The Labute approximate surface area is 130 Å². The van der Waals surface area contributed by atoms with Gasteiger partial charge >= 0.3 is 5.97 Å². The minimum Gasteiger partial charge on any atom is -0.477 e. The molecule has 0 saturated carbocycles. The van der Waals surface area contributed by atoms with Crippen LogP contribution in [0.1, 0.15) is 20.4 Å². The Hall–Kier alpha value is -1.48. The second-order valence-electron chi connectivity index (χ2n) is 4.11. The van der Waals surface area contributed by atoms with Gasteiger partial charge in [0, 0.05) is 5.02 Å². The maximum atomic E-state index is 12.1. The van der Waals surface area contributed by atoms with Crippen molar-refractivity contribution >= 4 is 38.9 Å². The highest BCUT2D eigenvalue weighted by Crippen LogP contribution is 2.19. The van der Waals surface area contributed by atoms with E-state index in [1.165, 1.54) is 18.2 Å². The number of carboxylic acids is 1. The monoisotopic (exact) mass is 346 g/mol. The number of benzene rings is 1. The third kappa shape index (κ3) is 3.79. The van der Waals surface area contributed by atoms with Crippen molar-refractivity contribution in [1.29, 1.82) is 0 Å². The lowest BCUT2D eigenvalue weighted by Crippen LogP contribution is -2.23. The van der Waals surface area contributed by atoms with Crippen molar-refractivity contribution in [2.75, 3.05) is 0 Å². The number of hydrogen-bond donors (Lipinski definition) is 2. The minimum absolute atomic E-state index is 0.0433. The van der Waals surface area contributed by atoms with Crippen LogP contribution in [0.2, 0.25) is 5.02 Å². The van der Waals surface area contributed by atoms with Gasteiger partial charge < -0.3 is 5.11 Å². The number of thiazole rings is 1. The van der Waals surface area contributed by atoms with Gasteiger partial charge in [-0.15, -0.1) is 11.3 Å². The van der Waals surface area contributed by atoms with Gasteiger partial charge in [-0.1, -0.05) is 17.7 Å². The molecule has 0 fully saturated rings. The van der Waals surface area contributed by atoms with E-state index in [9.17, 15) is 13.2 Å². The van der Waals surface area contributed by atoms with Crippen LogP contribution >= 0.6 is 22.9 Å². The summed E-state index contributed by atoms with van der Waals surface area (Å²) in [5.74, 6) is -1.08. The molecule has 2 aromatic rings. The number of halogens is 1. The molecule has 0 saturated heterocycles. The molecule has 0 radical (unpaired) electrons. The zero-order chi connectivity index (χ0) is 15.6. The van der Waals surface area contributed by atoms with Crippen molar-refractivity contribution < 1.29 is 18.3 Å². The number of rotatable bonds is 5. The van der Waals surface area contributed by atoms with Gasteiger partial charge in [-0.3, -0.25) is 0 Å². The van der Waals surface area contributed by atoms with Crippen LogP contribution in [0.15, 0.2) is 29.2 Å². The fourth-order valence-electron chi connectivity index (χ4n) is 1.60. The molecule has 6 nitrogen and oxygen atoms in total. The molecule has 0 amide bonds. The van der Waals surface area contributed by atoms with Gasteiger partial charge in [0.15, 0.2) is 0 Å². The number of nitrogens with one attached hydrogen (secondary N) is 1. The van der Waals surface area contributed by atoms with Crippen LogP contribution in [0.25, 0.3) is 0 Å². The van der Waals surface area contributed by atoms with Crippen LogP contribution in [0.3, 0.4) is 0 Å². The van der Waals surface area contributed by atoms with Gasteiger partial charge in [-0.25, -0.2) is 22.9 Å². The maximum Gasteiger partial charge on any atom is 0.347 e. The molecule has 0 unspecified atom stereocenters. The average molecular weight is 347 g/mol. The fourth-order valence-corrected chi connectivity index (χ4v) is 3.82. The van der Waals surface area contributed by atoms with Gasteiger partial charge in [-0.05, 0) is 25.1 Å². The van der Waals surface area contributed by atoms with Gasteiger partial charge in [0.05, 0.1) is 17.1 Å². The van der Waals surface area contributed by atoms with Crippen molar-refractivity contribution in [3.8, 4) is 0 Å². The molecule has 2 N–H and O–H groups in total. The second-order valence-corrected chi connectivity index (χ2v) is 7.40. The number of aromatic nitrogens is 1. The van der Waals surface area contributed by atoms with Crippen molar-refractivity contribution in [2.45, 2.75) is 18.4 Å². The van der Waals surface area contributed by atoms with Crippen LogP contribution in [0, 0.1) is 6.92 Å². The molecule has 1 aromatic carbocycles. The van der Waals surface area contributed by atoms with Gasteiger partial charge in [0.1, 0.15) is 9.88 Å². The first kappa shape index (κ1) is 15.9. The Kier molecular flexibility index (Phi) is 4.62. The lowest BCUT2D eigenvalue weighted by atomic mass is 10.4. The highest BCUT2D eigenvalue weighted by atomic mass is 35.5. The predicted octanol–water partition coefficient (Wildman–Crippen LogP) is 2.28. The molecule has 0 spiro atoms. The van der Waals surface area contributed by atoms with Crippen LogP contribution in [-0.4, -0.2) is 24.5 Å². The first-order valence-corrected chi connectivity index (χ1v) is 8.42. The van der Waals surface area contributed by atoms with Crippen LogP contribution < -0.4 is 4.72 Å². The number of hydrogen-bond acceptors (Lipinski definition) is 5. The minimum atomic E-state index is -3.72. The van der Waals surface area contributed by atoms with E-state index in [1.54, 1.807) is 13.0 Å². The van der Waals surface area contributed by atoms with Crippen molar-refractivity contribution in [3.63, 3.8) is 0 Å². The largest absolute Gasteiger partial charge is 0.477 e. The van der Waals surface area contributed by atoms with E-state index >= 15 is 0 Å². The summed E-state index contributed by atoms with van der Waals surface area (Å²) in [6.45, 7) is 1.49. The highest BCUT2D eigenvalue weighted by Gasteiger charge is 2.17. The number of nitrogens with zero attached hydrogens (tertiary/aromatic N) is 1. The number of carboxylic acid groups (broad SMARTS) is 1. The molecule has 112 valence electrons. The molecular formula is C12H11ClN2O4S2. The lowest BCUT2D eigenvalue weighted by Gasteiger charge is -2.05. The average Bonchev–Trinajstić information content (AvgIpc) is 2.78. The molecule has 1 aromatic heterocycles. The van der Waals surface area contributed by atoms with E-state index in [0.717, 1.165) is 11.3 Å². The van der Waals surface area contributed by atoms with Crippen LogP contribution in [0.5, 0.6) is 0 Å². The van der Waals surface area contributed by atoms with E-state index in [-0.39, 0.29) is 16.3 Å². The molecule has 0 aliphatic rings. The first-order chi connectivity index (χ1) is 9.79. The molecule has 0 atom stereocenters. The molecular weight excluding hydrogens is 336 g/mol. The van der Waals surface area contributed by atoms with Gasteiger partial charge in [-0.2, -0.15) is 0 Å². The molecule has 0 aliphatic carbocycles. The van der Waals surface area contributed by atoms with E-state index in [2.05, 4.69) is 9.71 Å². The van der Waals surface area contributed by atoms with Gasteiger partial charge in [0.25, 0.3) is 0 Å². The standard InChI is InChI=1S/C12H11ClN2O4S2/c1-7-11(12(16)17)20-10(15-7)6-14-21(18,19)9-4-2-3-8(13)5-9/h2-5,14H,6H2,1H3,(H,16,17). The third-order valence-electron chi connectivity index (χ3n) is 2.55. The predicted molar refractivity (Wildman–Crippen MR) is 79.3 cm³/mol. The fraction of sp³-hybridized carbons (Fsp3) is 0.167. The summed E-state index contributed by atoms with van der Waals surface area (Å²) >= 11 is 6.70. The summed E-state index contributed by atoms with van der Waals surface area (Å²) in [6, 6.07) is 5.86. The van der Waals surface area contributed by atoms with Crippen molar-refractivity contribution in [1.82, 2.24) is 9.71 Å². The lowest BCUT2D eigenvalue weighted by molar-refractivity contribution is 0.0701. The molecule has 9 heteroatoms. The van der Waals surface area contributed by atoms with E-state index in [0.29, 0.717) is 15.7 Å². The van der Waals surface area contributed by atoms with E-state index < -0.39 is 16.0 Å². The quantitative estimate of drug-likeness (QED) is 0.865. The maximum absolute atomic E-state index is 12.1. The van der Waals surface area contributed by atoms with E-state index in [4.69, 9.17) is 16.7 Å². The molecule has 2 rings (SSSR count). The summed E-state index contributed by atoms with van der Waals surface area (Å²) < 4.78 is 26.5. The Balaban J connectivity index is 2.15. The zero-order valence-electron chi connectivity index (χ0n) is 10.8. The second kappa shape index (κ2) is 6.10. The first-order valence-electron chi connectivity index (χ1n) is 5.74. The van der Waals surface area contributed by atoms with Gasteiger partial charge in [0.2, 0.25) is 10.0 Å². The molecule has 0 aliphatic heterocycles. The number of aryl methyl sites for hydroxylation is 1. The smallest absolute Gasteiger partial charge is 0.347 e. The van der Waals surface area contributed by atoms with Crippen molar-refractivity contribution in [3.05, 3.63) is 44.9 Å².